The number of primary amides is 1. The molecule has 0 unspecified atom stereocenters. The van der Waals surface area contributed by atoms with Gasteiger partial charge in [0.2, 0.25) is 5.91 Å². The van der Waals surface area contributed by atoms with Crippen LogP contribution in [0.5, 0.6) is 0 Å². The first-order valence-corrected chi connectivity index (χ1v) is 11.0. The second kappa shape index (κ2) is 8.42. The van der Waals surface area contributed by atoms with Gasteiger partial charge in [-0.2, -0.15) is 0 Å². The Balaban J connectivity index is 1.84. The summed E-state index contributed by atoms with van der Waals surface area (Å²) in [7, 11) is -3.91. The van der Waals surface area contributed by atoms with Gasteiger partial charge >= 0.3 is 0 Å². The maximum atomic E-state index is 13.0. The second-order valence-electron chi connectivity index (χ2n) is 7.13. The number of benzene rings is 2. The van der Waals surface area contributed by atoms with E-state index in [4.69, 9.17) is 17.3 Å². The molecule has 1 heterocycles. The topological polar surface area (TPSA) is 110 Å². The number of anilines is 1. The molecule has 3 rings (SSSR count). The minimum absolute atomic E-state index is 0.0422. The number of piperidine rings is 1. The summed E-state index contributed by atoms with van der Waals surface area (Å²) in [5.41, 5.74) is 5.96. The van der Waals surface area contributed by atoms with Gasteiger partial charge in [0.25, 0.3) is 15.9 Å². The zero-order chi connectivity index (χ0) is 21.2. The number of rotatable bonds is 5. The number of likely N-dealkylation sites (tertiary alicyclic amines) is 1. The molecule has 3 N–H and O–H groups in total. The van der Waals surface area contributed by atoms with Crippen molar-refractivity contribution >= 4 is 39.1 Å². The third-order valence-electron chi connectivity index (χ3n) is 5.01. The molecule has 0 aliphatic carbocycles. The Morgan fingerprint density at radius 3 is 2.55 bits per heavy atom. The van der Waals surface area contributed by atoms with E-state index in [9.17, 15) is 18.0 Å². The Morgan fingerprint density at radius 1 is 1.14 bits per heavy atom. The number of hydrogen-bond donors (Lipinski definition) is 2. The first kappa shape index (κ1) is 21.1. The molecule has 0 bridgehead atoms. The van der Waals surface area contributed by atoms with Crippen LogP contribution in [0.3, 0.4) is 0 Å². The van der Waals surface area contributed by atoms with Crippen molar-refractivity contribution in [3.8, 4) is 0 Å². The quantitative estimate of drug-likeness (QED) is 0.752. The van der Waals surface area contributed by atoms with E-state index in [0.717, 1.165) is 0 Å². The highest BCUT2D eigenvalue weighted by Crippen LogP contribution is 2.25. The van der Waals surface area contributed by atoms with Crippen LogP contribution in [-0.4, -0.2) is 37.7 Å². The molecule has 0 radical (unpaired) electrons. The van der Waals surface area contributed by atoms with Crippen molar-refractivity contribution < 1.29 is 18.0 Å². The minimum atomic E-state index is -3.91. The molecular weight excluding hydrogens is 414 g/mol. The highest BCUT2D eigenvalue weighted by atomic mass is 35.5. The summed E-state index contributed by atoms with van der Waals surface area (Å²) >= 11 is 5.90. The van der Waals surface area contributed by atoms with E-state index >= 15 is 0 Å². The van der Waals surface area contributed by atoms with Crippen molar-refractivity contribution in [3.63, 3.8) is 0 Å². The predicted octanol–water partition coefficient (Wildman–Crippen LogP) is 2.87. The average Bonchev–Trinajstić information content (AvgIpc) is 2.67. The van der Waals surface area contributed by atoms with E-state index in [0.29, 0.717) is 23.6 Å². The smallest absolute Gasteiger partial charge is 0.261 e. The van der Waals surface area contributed by atoms with Crippen LogP contribution in [0.1, 0.15) is 30.1 Å². The normalized spacial score (nSPS) is 19.6. The van der Waals surface area contributed by atoms with Crippen LogP contribution < -0.4 is 10.5 Å². The van der Waals surface area contributed by atoms with E-state index < -0.39 is 21.8 Å². The molecule has 7 nitrogen and oxygen atoms in total. The van der Waals surface area contributed by atoms with Gasteiger partial charge in [-0.05, 0) is 56.2 Å². The molecule has 1 fully saturated rings. The monoisotopic (exact) mass is 435 g/mol. The summed E-state index contributed by atoms with van der Waals surface area (Å²) in [5, 5.41) is 0.400. The van der Waals surface area contributed by atoms with Crippen LogP contribution in [0.25, 0.3) is 0 Å². The fraction of sp³-hybridized carbons (Fsp3) is 0.300. The van der Waals surface area contributed by atoms with Gasteiger partial charge in [-0.1, -0.05) is 23.7 Å². The maximum absolute atomic E-state index is 13.0. The molecule has 2 aromatic rings. The lowest BCUT2D eigenvalue weighted by Crippen LogP contribution is -2.48. The summed E-state index contributed by atoms with van der Waals surface area (Å²) in [6.45, 7) is 2.13. The Hall–Kier alpha value is -2.58. The Bertz CT molecular complexity index is 1040. The number of nitrogens with one attached hydrogen (secondary N) is 1. The minimum Gasteiger partial charge on any atom is -0.369 e. The summed E-state index contributed by atoms with van der Waals surface area (Å²) in [4.78, 5) is 26.1. The van der Waals surface area contributed by atoms with Crippen LogP contribution in [0, 0.1) is 5.92 Å². The van der Waals surface area contributed by atoms with Crippen molar-refractivity contribution in [1.29, 1.82) is 0 Å². The van der Waals surface area contributed by atoms with Crippen molar-refractivity contribution in [1.82, 2.24) is 4.90 Å². The fourth-order valence-electron chi connectivity index (χ4n) is 3.35. The van der Waals surface area contributed by atoms with E-state index in [2.05, 4.69) is 4.72 Å². The zero-order valence-corrected chi connectivity index (χ0v) is 17.4. The summed E-state index contributed by atoms with van der Waals surface area (Å²) in [5.74, 6) is -1.16. The molecule has 1 aliphatic heterocycles. The van der Waals surface area contributed by atoms with Gasteiger partial charge in [-0.15, -0.1) is 0 Å². The maximum Gasteiger partial charge on any atom is 0.261 e. The highest BCUT2D eigenvalue weighted by Gasteiger charge is 2.32. The van der Waals surface area contributed by atoms with E-state index in [-0.39, 0.29) is 29.0 Å². The summed E-state index contributed by atoms with van der Waals surface area (Å²) in [6, 6.07) is 12.1. The SMILES string of the molecule is C[C@@H]1CC[C@H](C(N)=O)CN1C(=O)c1cccc(S(=O)(=O)Nc2cccc(Cl)c2)c1. The largest absolute Gasteiger partial charge is 0.369 e. The van der Waals surface area contributed by atoms with Gasteiger partial charge in [0.15, 0.2) is 0 Å². The zero-order valence-electron chi connectivity index (χ0n) is 15.8. The number of carbonyl (C=O) groups excluding carboxylic acids is 2. The van der Waals surface area contributed by atoms with Gasteiger partial charge < -0.3 is 10.6 Å². The van der Waals surface area contributed by atoms with Gasteiger partial charge in [-0.25, -0.2) is 8.42 Å². The molecule has 154 valence electrons. The molecule has 0 saturated carbocycles. The van der Waals surface area contributed by atoms with E-state index in [1.807, 2.05) is 6.92 Å². The molecule has 2 amide bonds. The van der Waals surface area contributed by atoms with Crippen molar-refractivity contribution in [2.45, 2.75) is 30.7 Å². The molecule has 1 saturated heterocycles. The Morgan fingerprint density at radius 2 is 1.86 bits per heavy atom. The Kier molecular flexibility index (Phi) is 6.14. The van der Waals surface area contributed by atoms with Crippen molar-refractivity contribution in [2.24, 2.45) is 11.7 Å². The lowest BCUT2D eigenvalue weighted by molar-refractivity contribution is -0.123. The van der Waals surface area contributed by atoms with Crippen LogP contribution in [0.4, 0.5) is 5.69 Å². The number of carbonyl (C=O) groups is 2. The Labute approximate surface area is 174 Å². The molecular formula is C20H22ClN3O4S. The molecule has 1 aliphatic rings. The van der Waals surface area contributed by atoms with E-state index in [1.54, 1.807) is 29.2 Å². The number of hydrogen-bond acceptors (Lipinski definition) is 4. The lowest BCUT2D eigenvalue weighted by atomic mass is 9.92. The van der Waals surface area contributed by atoms with Gasteiger partial charge in [-0.3, -0.25) is 14.3 Å². The standard InChI is InChI=1S/C20H22ClN3O4S/c1-13-8-9-15(19(22)25)12-24(13)20(26)14-4-2-7-18(10-14)29(27,28)23-17-6-3-5-16(21)11-17/h2-7,10-11,13,15,23H,8-9,12H2,1H3,(H2,22,25)/t13-,15+/m1/s1. The third kappa shape index (κ3) is 4.89. The van der Waals surface area contributed by atoms with Gasteiger partial charge in [0, 0.05) is 23.2 Å². The van der Waals surface area contributed by atoms with Crippen LogP contribution >= 0.6 is 11.6 Å². The first-order valence-electron chi connectivity index (χ1n) is 9.16. The average molecular weight is 436 g/mol. The predicted molar refractivity (Wildman–Crippen MR) is 111 cm³/mol. The van der Waals surface area contributed by atoms with Crippen molar-refractivity contribution in [2.75, 3.05) is 11.3 Å². The van der Waals surface area contributed by atoms with Gasteiger partial charge in [0.1, 0.15) is 0 Å². The number of nitrogens with zero attached hydrogens (tertiary/aromatic N) is 1. The van der Waals surface area contributed by atoms with Crippen LogP contribution in [-0.2, 0) is 14.8 Å². The highest BCUT2D eigenvalue weighted by molar-refractivity contribution is 7.92. The van der Waals surface area contributed by atoms with Crippen LogP contribution in [0.2, 0.25) is 5.02 Å². The molecule has 29 heavy (non-hydrogen) atoms. The summed E-state index contributed by atoms with van der Waals surface area (Å²) < 4.78 is 27.9. The number of amides is 2. The number of halogens is 1. The molecule has 0 spiro atoms. The molecule has 9 heteroatoms. The molecule has 0 aromatic heterocycles. The lowest BCUT2D eigenvalue weighted by Gasteiger charge is -2.37. The number of nitrogens with two attached hydrogens (primary N) is 1. The van der Waals surface area contributed by atoms with Crippen molar-refractivity contribution in [3.05, 3.63) is 59.1 Å². The molecule has 2 aromatic carbocycles. The summed E-state index contributed by atoms with van der Waals surface area (Å²) in [6.07, 6.45) is 1.30. The van der Waals surface area contributed by atoms with E-state index in [1.165, 1.54) is 24.3 Å². The third-order valence-corrected chi connectivity index (χ3v) is 6.63. The van der Waals surface area contributed by atoms with Gasteiger partial charge in [0.05, 0.1) is 16.5 Å². The first-order chi connectivity index (χ1) is 13.7. The van der Waals surface area contributed by atoms with Crippen LogP contribution in [0.15, 0.2) is 53.4 Å². The molecule has 2 atom stereocenters. The number of sulfonamides is 1. The fourth-order valence-corrected chi connectivity index (χ4v) is 4.64. The second-order valence-corrected chi connectivity index (χ2v) is 9.25.